The number of hydrogen-bond acceptors (Lipinski definition) is 5. The van der Waals surface area contributed by atoms with E-state index in [2.05, 4.69) is 22.1 Å². The number of rotatable bonds is 2. The van der Waals surface area contributed by atoms with E-state index in [0.29, 0.717) is 5.71 Å². The molecule has 96 valence electrons. The fourth-order valence-electron chi connectivity index (χ4n) is 2.55. The summed E-state index contributed by atoms with van der Waals surface area (Å²) in [5, 5.41) is 4.37. The molecule has 1 aliphatic rings. The lowest BCUT2D eigenvalue weighted by Crippen LogP contribution is -2.44. The van der Waals surface area contributed by atoms with Gasteiger partial charge in [0, 0.05) is 31.6 Å². The predicted molar refractivity (Wildman–Crippen MR) is 72.9 cm³/mol. The van der Waals surface area contributed by atoms with Gasteiger partial charge in [-0.2, -0.15) is 4.98 Å². The highest BCUT2D eigenvalue weighted by atomic mass is 16.3. The first-order valence-corrected chi connectivity index (χ1v) is 6.42. The maximum absolute atomic E-state index is 6.28. The van der Waals surface area contributed by atoms with Gasteiger partial charge in [-0.05, 0) is 18.1 Å². The molecule has 2 aromatic heterocycles. The molecule has 1 fully saturated rings. The highest BCUT2D eigenvalue weighted by Gasteiger charge is 2.19. The average Bonchev–Trinajstić information content (AvgIpc) is 2.87. The number of piperazine rings is 1. The summed E-state index contributed by atoms with van der Waals surface area (Å²) in [7, 11) is 0. The zero-order chi connectivity index (χ0) is 12.5. The molecule has 0 saturated carbocycles. The van der Waals surface area contributed by atoms with Gasteiger partial charge in [-0.1, -0.05) is 6.92 Å². The molecule has 1 aliphatic heterocycles. The molecule has 0 unspecified atom stereocenters. The van der Waals surface area contributed by atoms with Gasteiger partial charge in [0.2, 0.25) is 5.71 Å². The Bertz CT molecular complexity index is 557. The number of nitrogens with two attached hydrogens (primary N) is 1. The first-order chi connectivity index (χ1) is 8.81. The Morgan fingerprint density at radius 1 is 1.44 bits per heavy atom. The number of aryl methyl sites for hydroxylation is 1. The molecule has 3 N–H and O–H groups in total. The van der Waals surface area contributed by atoms with Crippen LogP contribution in [0.5, 0.6) is 0 Å². The topological polar surface area (TPSA) is 67.3 Å². The SMILES string of the molecule is CCc1c(N)c(N2CCNCC2)nc2occc12. The van der Waals surface area contributed by atoms with E-state index in [0.717, 1.165) is 55.1 Å². The first kappa shape index (κ1) is 11.3. The largest absolute Gasteiger partial charge is 0.446 e. The van der Waals surface area contributed by atoms with Crippen LogP contribution < -0.4 is 16.0 Å². The van der Waals surface area contributed by atoms with E-state index < -0.39 is 0 Å². The normalized spacial score (nSPS) is 16.4. The average molecular weight is 246 g/mol. The molecule has 0 bridgehead atoms. The number of nitrogens with zero attached hydrogens (tertiary/aromatic N) is 2. The van der Waals surface area contributed by atoms with E-state index in [9.17, 15) is 0 Å². The fourth-order valence-corrected chi connectivity index (χ4v) is 2.55. The number of aromatic nitrogens is 1. The summed E-state index contributed by atoms with van der Waals surface area (Å²) < 4.78 is 5.44. The van der Waals surface area contributed by atoms with Gasteiger partial charge in [0.25, 0.3) is 0 Å². The van der Waals surface area contributed by atoms with Gasteiger partial charge in [0.15, 0.2) is 5.82 Å². The Morgan fingerprint density at radius 2 is 2.22 bits per heavy atom. The molecule has 0 radical (unpaired) electrons. The maximum Gasteiger partial charge on any atom is 0.228 e. The van der Waals surface area contributed by atoms with Crippen molar-refractivity contribution in [2.24, 2.45) is 0 Å². The van der Waals surface area contributed by atoms with Crippen LogP contribution in [0.3, 0.4) is 0 Å². The van der Waals surface area contributed by atoms with Crippen molar-refractivity contribution in [1.29, 1.82) is 0 Å². The summed E-state index contributed by atoms with van der Waals surface area (Å²) >= 11 is 0. The quantitative estimate of drug-likeness (QED) is 0.838. The molecule has 0 amide bonds. The molecule has 18 heavy (non-hydrogen) atoms. The van der Waals surface area contributed by atoms with Crippen molar-refractivity contribution in [3.8, 4) is 0 Å². The van der Waals surface area contributed by atoms with Crippen molar-refractivity contribution in [3.05, 3.63) is 17.9 Å². The molecule has 3 heterocycles. The minimum absolute atomic E-state index is 0.689. The monoisotopic (exact) mass is 246 g/mol. The molecule has 3 rings (SSSR count). The summed E-state index contributed by atoms with van der Waals surface area (Å²) in [6, 6.07) is 1.94. The van der Waals surface area contributed by atoms with E-state index in [1.54, 1.807) is 6.26 Å². The number of fused-ring (bicyclic) bond motifs is 1. The summed E-state index contributed by atoms with van der Waals surface area (Å²) in [6.45, 7) is 5.93. The minimum atomic E-state index is 0.689. The molecule has 0 spiro atoms. The lowest BCUT2D eigenvalue weighted by atomic mass is 10.1. The zero-order valence-electron chi connectivity index (χ0n) is 10.6. The van der Waals surface area contributed by atoms with Gasteiger partial charge in [0.1, 0.15) is 0 Å². The molecule has 1 saturated heterocycles. The van der Waals surface area contributed by atoms with Crippen LogP contribution in [0.4, 0.5) is 11.5 Å². The van der Waals surface area contributed by atoms with E-state index in [4.69, 9.17) is 10.2 Å². The highest BCUT2D eigenvalue weighted by Crippen LogP contribution is 2.32. The van der Waals surface area contributed by atoms with E-state index >= 15 is 0 Å². The second-order valence-electron chi connectivity index (χ2n) is 4.56. The Kier molecular flexibility index (Phi) is 2.83. The highest BCUT2D eigenvalue weighted by molar-refractivity contribution is 5.88. The second-order valence-corrected chi connectivity index (χ2v) is 4.56. The number of anilines is 2. The Labute approximate surface area is 106 Å². The summed E-state index contributed by atoms with van der Waals surface area (Å²) in [5.41, 5.74) is 8.91. The maximum atomic E-state index is 6.28. The van der Waals surface area contributed by atoms with Gasteiger partial charge in [-0.3, -0.25) is 0 Å². The molecule has 2 aromatic rings. The van der Waals surface area contributed by atoms with Crippen LogP contribution in [0.25, 0.3) is 11.1 Å². The van der Waals surface area contributed by atoms with Crippen molar-refractivity contribution in [2.45, 2.75) is 13.3 Å². The summed E-state index contributed by atoms with van der Waals surface area (Å²) in [4.78, 5) is 6.80. The lowest BCUT2D eigenvalue weighted by Gasteiger charge is -2.29. The van der Waals surface area contributed by atoms with Gasteiger partial charge in [0.05, 0.1) is 12.0 Å². The van der Waals surface area contributed by atoms with Crippen molar-refractivity contribution in [3.63, 3.8) is 0 Å². The van der Waals surface area contributed by atoms with Crippen molar-refractivity contribution < 1.29 is 4.42 Å². The third-order valence-corrected chi connectivity index (χ3v) is 3.51. The smallest absolute Gasteiger partial charge is 0.228 e. The number of furan rings is 1. The zero-order valence-corrected chi connectivity index (χ0v) is 10.6. The Balaban J connectivity index is 2.12. The predicted octanol–water partition coefficient (Wildman–Crippen LogP) is 1.38. The van der Waals surface area contributed by atoms with Crippen molar-refractivity contribution in [1.82, 2.24) is 10.3 Å². The molecular formula is C13H18N4O. The first-order valence-electron chi connectivity index (χ1n) is 6.42. The Morgan fingerprint density at radius 3 is 2.94 bits per heavy atom. The number of nitrogen functional groups attached to an aromatic ring is 1. The van der Waals surface area contributed by atoms with Crippen LogP contribution >= 0.6 is 0 Å². The number of hydrogen-bond donors (Lipinski definition) is 2. The third kappa shape index (κ3) is 1.71. The third-order valence-electron chi connectivity index (χ3n) is 3.51. The number of pyridine rings is 1. The van der Waals surface area contributed by atoms with Crippen LogP contribution in [0, 0.1) is 0 Å². The summed E-state index contributed by atoms with van der Waals surface area (Å²) in [5.74, 6) is 0.871. The van der Waals surface area contributed by atoms with Crippen LogP contribution in [-0.2, 0) is 6.42 Å². The van der Waals surface area contributed by atoms with Crippen LogP contribution in [0.2, 0.25) is 0 Å². The van der Waals surface area contributed by atoms with Crippen molar-refractivity contribution in [2.75, 3.05) is 36.8 Å². The van der Waals surface area contributed by atoms with Gasteiger partial charge >= 0.3 is 0 Å². The van der Waals surface area contributed by atoms with E-state index in [-0.39, 0.29) is 0 Å². The van der Waals surface area contributed by atoms with Gasteiger partial charge in [-0.15, -0.1) is 0 Å². The molecule has 0 atom stereocenters. The fraction of sp³-hybridized carbons (Fsp3) is 0.462. The number of nitrogens with one attached hydrogen (secondary N) is 1. The molecular weight excluding hydrogens is 228 g/mol. The molecule has 5 nitrogen and oxygen atoms in total. The lowest BCUT2D eigenvalue weighted by molar-refractivity contribution is 0.578. The van der Waals surface area contributed by atoms with Crippen LogP contribution in [-0.4, -0.2) is 31.2 Å². The minimum Gasteiger partial charge on any atom is -0.446 e. The molecule has 0 aromatic carbocycles. The van der Waals surface area contributed by atoms with E-state index in [1.165, 1.54) is 0 Å². The Hall–Kier alpha value is -1.75. The second kappa shape index (κ2) is 4.49. The van der Waals surface area contributed by atoms with Gasteiger partial charge < -0.3 is 20.4 Å². The summed E-state index contributed by atoms with van der Waals surface area (Å²) in [6.07, 6.45) is 2.57. The standard InChI is InChI=1S/C13H18N4O/c1-2-9-10-3-8-18-13(10)16-12(11(9)14)17-6-4-15-5-7-17/h3,8,15H,2,4-7,14H2,1H3. The van der Waals surface area contributed by atoms with Crippen LogP contribution in [0.15, 0.2) is 16.7 Å². The molecule has 0 aliphatic carbocycles. The molecule has 5 heteroatoms. The van der Waals surface area contributed by atoms with E-state index in [1.807, 2.05) is 6.07 Å². The van der Waals surface area contributed by atoms with Gasteiger partial charge in [-0.25, -0.2) is 0 Å². The van der Waals surface area contributed by atoms with Crippen LogP contribution in [0.1, 0.15) is 12.5 Å². The van der Waals surface area contributed by atoms with Crippen molar-refractivity contribution >= 4 is 22.6 Å².